The molecule has 27 heavy (non-hydrogen) atoms. The van der Waals surface area contributed by atoms with Crippen molar-refractivity contribution >= 4 is 34.0 Å². The molecule has 2 heterocycles. The third kappa shape index (κ3) is 2.44. The summed E-state index contributed by atoms with van der Waals surface area (Å²) >= 11 is 0. The van der Waals surface area contributed by atoms with E-state index in [0.29, 0.717) is 51.4 Å². The van der Waals surface area contributed by atoms with Gasteiger partial charge in [0.15, 0.2) is 11.6 Å². The van der Waals surface area contributed by atoms with Crippen LogP contribution in [0.2, 0.25) is 0 Å². The van der Waals surface area contributed by atoms with Crippen molar-refractivity contribution in [3.8, 4) is 23.0 Å². The molecule has 0 unspecified atom stereocenters. The second-order valence-corrected chi connectivity index (χ2v) is 5.88. The largest absolute Gasteiger partial charge is 0.494 e. The molecule has 0 bridgehead atoms. The molecule has 0 N–H and O–H groups in total. The summed E-state index contributed by atoms with van der Waals surface area (Å²) in [4.78, 5) is 11.4. The van der Waals surface area contributed by atoms with Crippen LogP contribution in [0.25, 0.3) is 11.0 Å². The predicted octanol–water partition coefficient (Wildman–Crippen LogP) is 3.31. The Balaban J connectivity index is 1.99. The van der Waals surface area contributed by atoms with Gasteiger partial charge in [0.05, 0.1) is 28.4 Å². The molecule has 139 valence electrons. The van der Waals surface area contributed by atoms with Crippen LogP contribution in [0.3, 0.4) is 0 Å². The van der Waals surface area contributed by atoms with E-state index in [1.807, 2.05) is 24.1 Å². The highest BCUT2D eigenvalue weighted by Crippen LogP contribution is 2.51. The fourth-order valence-electron chi connectivity index (χ4n) is 3.22. The molecule has 0 saturated heterocycles. The Hall–Kier alpha value is -3.42. The third-order valence-electron chi connectivity index (χ3n) is 4.54. The standard InChI is InChI=1S/C19H19N4O4/c1-23-17-13(27-5)9-8-12(26-4)16(17)21-18-19(23)22-15-11(25-3)7-6-10(24-2)14(15)20-18/h6-9H,1-5H3. The Morgan fingerprint density at radius 2 is 1.22 bits per heavy atom. The lowest BCUT2D eigenvalue weighted by Crippen LogP contribution is -2.21. The van der Waals surface area contributed by atoms with Gasteiger partial charge in [-0.15, -0.1) is 0 Å². The molecule has 0 aliphatic carbocycles. The van der Waals surface area contributed by atoms with Gasteiger partial charge in [0, 0.05) is 7.05 Å². The summed E-state index contributed by atoms with van der Waals surface area (Å²) in [5.74, 6) is 3.56. The van der Waals surface area contributed by atoms with Gasteiger partial charge in [0.25, 0.3) is 0 Å². The molecule has 1 aliphatic rings. The molecule has 1 aromatic heterocycles. The second-order valence-electron chi connectivity index (χ2n) is 5.88. The summed E-state index contributed by atoms with van der Waals surface area (Å²) in [6.07, 6.45) is 0. The molecule has 3 aromatic rings. The first-order valence-electron chi connectivity index (χ1n) is 8.26. The van der Waals surface area contributed by atoms with Gasteiger partial charge in [-0.1, -0.05) is 0 Å². The quantitative estimate of drug-likeness (QED) is 0.700. The van der Waals surface area contributed by atoms with E-state index in [-0.39, 0.29) is 0 Å². The summed E-state index contributed by atoms with van der Waals surface area (Å²) in [6, 6.07) is 7.26. The van der Waals surface area contributed by atoms with Crippen molar-refractivity contribution in [3.63, 3.8) is 0 Å². The van der Waals surface area contributed by atoms with Crippen molar-refractivity contribution in [3.05, 3.63) is 24.3 Å². The molecule has 0 atom stereocenters. The number of anilines is 2. The monoisotopic (exact) mass is 367 g/mol. The molecule has 0 fully saturated rings. The molecule has 8 heteroatoms. The van der Waals surface area contributed by atoms with Gasteiger partial charge in [-0.2, -0.15) is 0 Å². The van der Waals surface area contributed by atoms with Crippen molar-refractivity contribution in [1.29, 1.82) is 0 Å². The van der Waals surface area contributed by atoms with E-state index in [1.54, 1.807) is 40.6 Å². The Bertz CT molecular complexity index is 1040. The zero-order valence-electron chi connectivity index (χ0n) is 15.7. The van der Waals surface area contributed by atoms with Gasteiger partial charge >= 0.3 is 0 Å². The fraction of sp³-hybridized carbons (Fsp3) is 0.263. The van der Waals surface area contributed by atoms with Crippen LogP contribution in [0.5, 0.6) is 23.0 Å². The second kappa shape index (κ2) is 6.39. The molecule has 4 rings (SSSR count). The van der Waals surface area contributed by atoms with Crippen LogP contribution in [0.4, 0.5) is 23.0 Å². The maximum Gasteiger partial charge on any atom is 0.197 e. The topological polar surface area (TPSA) is 80.0 Å². The highest BCUT2D eigenvalue weighted by Gasteiger charge is 2.31. The number of fused-ring (bicyclic) bond motifs is 3. The first-order chi connectivity index (χ1) is 13.1. The van der Waals surface area contributed by atoms with Crippen molar-refractivity contribution in [2.75, 3.05) is 40.4 Å². The van der Waals surface area contributed by atoms with Gasteiger partial charge in [0.1, 0.15) is 45.4 Å². The molecule has 0 amide bonds. The predicted molar refractivity (Wildman–Crippen MR) is 102 cm³/mol. The van der Waals surface area contributed by atoms with E-state index < -0.39 is 0 Å². The highest BCUT2D eigenvalue weighted by molar-refractivity contribution is 5.95. The number of hydrogen-bond acceptors (Lipinski definition) is 7. The Morgan fingerprint density at radius 1 is 0.704 bits per heavy atom. The highest BCUT2D eigenvalue weighted by atomic mass is 16.5. The SMILES string of the molecule is COc1ccc(OC)c2c1[N]c1nc3c(OC)ccc(OC)c3nc1N2C. The molecule has 1 aliphatic heterocycles. The summed E-state index contributed by atoms with van der Waals surface area (Å²) < 4.78 is 21.9. The normalized spacial score (nSPS) is 12.1. The van der Waals surface area contributed by atoms with Crippen LogP contribution in [0.15, 0.2) is 24.3 Å². The van der Waals surface area contributed by atoms with Gasteiger partial charge in [-0.3, -0.25) is 0 Å². The first-order valence-corrected chi connectivity index (χ1v) is 8.26. The fourth-order valence-corrected chi connectivity index (χ4v) is 3.22. The van der Waals surface area contributed by atoms with Crippen molar-refractivity contribution in [2.45, 2.75) is 0 Å². The van der Waals surface area contributed by atoms with Crippen LogP contribution in [0, 0.1) is 0 Å². The Labute approximate surface area is 156 Å². The number of hydrogen-bond donors (Lipinski definition) is 0. The van der Waals surface area contributed by atoms with E-state index in [0.717, 1.165) is 5.69 Å². The zero-order valence-corrected chi connectivity index (χ0v) is 15.7. The lowest BCUT2D eigenvalue weighted by atomic mass is 10.1. The molecule has 8 nitrogen and oxygen atoms in total. The van der Waals surface area contributed by atoms with Crippen molar-refractivity contribution < 1.29 is 18.9 Å². The molecule has 2 aromatic carbocycles. The maximum atomic E-state index is 5.52. The molecular weight excluding hydrogens is 348 g/mol. The number of nitrogens with zero attached hydrogens (tertiary/aromatic N) is 4. The van der Waals surface area contributed by atoms with Crippen LogP contribution < -0.4 is 29.2 Å². The number of rotatable bonds is 4. The summed E-state index contributed by atoms with van der Waals surface area (Å²) in [5.41, 5.74) is 2.59. The lowest BCUT2D eigenvalue weighted by Gasteiger charge is -2.30. The van der Waals surface area contributed by atoms with Crippen LogP contribution in [-0.4, -0.2) is 45.5 Å². The summed E-state index contributed by atoms with van der Waals surface area (Å²) in [7, 11) is 8.30. The first kappa shape index (κ1) is 17.0. The van der Waals surface area contributed by atoms with E-state index in [9.17, 15) is 0 Å². The van der Waals surface area contributed by atoms with Gasteiger partial charge in [-0.05, 0) is 24.3 Å². The zero-order chi connectivity index (χ0) is 19.1. The number of methoxy groups -OCH3 is 4. The minimum atomic E-state index is 0.468. The average Bonchev–Trinajstić information content (AvgIpc) is 2.71. The van der Waals surface area contributed by atoms with E-state index in [4.69, 9.17) is 34.2 Å². The summed E-state index contributed by atoms with van der Waals surface area (Å²) in [5, 5.41) is 4.70. The number of ether oxygens (including phenoxy) is 4. The van der Waals surface area contributed by atoms with Crippen LogP contribution >= 0.6 is 0 Å². The van der Waals surface area contributed by atoms with Crippen LogP contribution in [-0.2, 0) is 0 Å². The minimum absolute atomic E-state index is 0.468. The van der Waals surface area contributed by atoms with Gasteiger partial charge in [-0.25, -0.2) is 15.3 Å². The Morgan fingerprint density at radius 3 is 1.81 bits per heavy atom. The lowest BCUT2D eigenvalue weighted by molar-refractivity contribution is 0.403. The average molecular weight is 367 g/mol. The van der Waals surface area contributed by atoms with Crippen LogP contribution in [0.1, 0.15) is 0 Å². The smallest absolute Gasteiger partial charge is 0.197 e. The molecular formula is C19H19N4O4. The van der Waals surface area contributed by atoms with Gasteiger partial charge < -0.3 is 23.8 Å². The molecule has 0 saturated carbocycles. The maximum absolute atomic E-state index is 5.52. The minimum Gasteiger partial charge on any atom is -0.494 e. The number of aromatic nitrogens is 2. The molecule has 1 radical (unpaired) electrons. The Kier molecular flexibility index (Phi) is 4.02. The van der Waals surface area contributed by atoms with E-state index >= 15 is 0 Å². The van der Waals surface area contributed by atoms with E-state index in [1.165, 1.54) is 0 Å². The number of benzene rings is 2. The third-order valence-corrected chi connectivity index (χ3v) is 4.54. The van der Waals surface area contributed by atoms with Crippen molar-refractivity contribution in [2.24, 2.45) is 0 Å². The van der Waals surface area contributed by atoms with Gasteiger partial charge in [0.2, 0.25) is 0 Å². The molecule has 0 spiro atoms. The summed E-state index contributed by atoms with van der Waals surface area (Å²) in [6.45, 7) is 0. The van der Waals surface area contributed by atoms with E-state index in [2.05, 4.69) is 0 Å². The van der Waals surface area contributed by atoms with Crippen molar-refractivity contribution in [1.82, 2.24) is 15.3 Å².